The number of rotatable bonds is 39. The minimum Gasteiger partial charge on any atom is -0.394 e. The molecule has 19 nitrogen and oxygen atoms in total. The molecule has 17 atom stereocenters. The van der Waals surface area contributed by atoms with Crippen molar-refractivity contribution in [2.24, 2.45) is 0 Å². The predicted octanol–water partition coefficient (Wildman–Crippen LogP) is 3.53. The van der Waals surface area contributed by atoms with Gasteiger partial charge in [-0.25, -0.2) is 0 Å². The highest BCUT2D eigenvalue weighted by molar-refractivity contribution is 5.76. The molecule has 3 heterocycles. The van der Waals surface area contributed by atoms with E-state index in [1.807, 2.05) is 0 Å². The maximum absolute atomic E-state index is 13.3. The van der Waals surface area contributed by atoms with Crippen LogP contribution in [-0.2, 0) is 33.2 Å². The number of ether oxygens (including phenoxy) is 6. The lowest BCUT2D eigenvalue weighted by atomic mass is 9.96. The van der Waals surface area contributed by atoms with Crippen LogP contribution in [0.25, 0.3) is 0 Å². The van der Waals surface area contributed by atoms with Gasteiger partial charge in [0.15, 0.2) is 18.9 Å². The molecule has 3 aliphatic rings. The SMILES string of the molecule is CC/C=C\C/C=C\C/C=C\C/C=C\CCCCC(=O)NC(COC1OC(CO)C(OC2OC(CO)C(OC3OC(CO)C(O)C(O)C3O)C(O)C2O)C(O)C1O)C(O)CCCCCCCCCCCCCCCC. The molecule has 17 unspecified atom stereocenters. The van der Waals surface area contributed by atoms with Crippen LogP contribution in [0.4, 0.5) is 0 Å². The van der Waals surface area contributed by atoms with E-state index in [2.05, 4.69) is 67.8 Å². The Morgan fingerprint density at radius 2 is 0.932 bits per heavy atom. The van der Waals surface area contributed by atoms with Crippen molar-refractivity contribution in [2.45, 2.75) is 266 Å². The third-order valence-corrected chi connectivity index (χ3v) is 13.9. The number of hydrogen-bond acceptors (Lipinski definition) is 18. The summed E-state index contributed by atoms with van der Waals surface area (Å²) in [5.41, 5.74) is 0. The maximum Gasteiger partial charge on any atom is 0.220 e. The van der Waals surface area contributed by atoms with Gasteiger partial charge in [0, 0.05) is 6.42 Å². The minimum atomic E-state index is -1.98. The minimum absolute atomic E-state index is 0.212. The lowest BCUT2D eigenvalue weighted by molar-refractivity contribution is -0.379. The largest absolute Gasteiger partial charge is 0.394 e. The fraction of sp³-hybridized carbons (Fsp3) is 0.836. The summed E-state index contributed by atoms with van der Waals surface area (Å²) in [6.45, 7) is 1.61. The van der Waals surface area contributed by atoms with Crippen molar-refractivity contribution in [1.82, 2.24) is 5.32 Å². The van der Waals surface area contributed by atoms with E-state index in [1.165, 1.54) is 64.2 Å². The van der Waals surface area contributed by atoms with Crippen LogP contribution in [0.1, 0.15) is 162 Å². The summed E-state index contributed by atoms with van der Waals surface area (Å²) in [5.74, 6) is -0.286. The second kappa shape index (κ2) is 39.2. The molecule has 0 aliphatic carbocycles. The molecule has 3 saturated heterocycles. The zero-order valence-corrected chi connectivity index (χ0v) is 44.3. The molecular formula is C55H97NO18. The monoisotopic (exact) mass is 1060 g/mol. The first-order chi connectivity index (χ1) is 35.8. The highest BCUT2D eigenvalue weighted by Crippen LogP contribution is 2.33. The second-order valence-electron chi connectivity index (χ2n) is 20.0. The molecule has 0 spiro atoms. The first-order valence-corrected chi connectivity index (χ1v) is 27.9. The summed E-state index contributed by atoms with van der Waals surface area (Å²) in [6.07, 6.45) is 13.5. The predicted molar refractivity (Wildman–Crippen MR) is 277 cm³/mol. The first-order valence-electron chi connectivity index (χ1n) is 27.9. The average molecular weight is 1060 g/mol. The summed E-state index contributed by atoms with van der Waals surface area (Å²) < 4.78 is 34.2. The van der Waals surface area contributed by atoms with Crippen LogP contribution < -0.4 is 5.32 Å². The Balaban J connectivity index is 1.54. The highest BCUT2D eigenvalue weighted by atomic mass is 16.8. The summed E-state index contributed by atoms with van der Waals surface area (Å²) >= 11 is 0. The maximum atomic E-state index is 13.3. The van der Waals surface area contributed by atoms with E-state index in [1.54, 1.807) is 0 Å². The summed E-state index contributed by atoms with van der Waals surface area (Å²) in [6, 6.07) is -0.908. The van der Waals surface area contributed by atoms with Crippen LogP contribution in [0.3, 0.4) is 0 Å². The summed E-state index contributed by atoms with van der Waals surface area (Å²) in [4.78, 5) is 13.3. The first kappa shape index (κ1) is 66.0. The average Bonchev–Trinajstić information content (AvgIpc) is 3.40. The lowest BCUT2D eigenvalue weighted by Crippen LogP contribution is -2.66. The third-order valence-electron chi connectivity index (χ3n) is 13.9. The van der Waals surface area contributed by atoms with Crippen LogP contribution >= 0.6 is 0 Å². The van der Waals surface area contributed by atoms with Crippen molar-refractivity contribution in [3.8, 4) is 0 Å². The number of aliphatic hydroxyl groups excluding tert-OH is 11. The van der Waals surface area contributed by atoms with Gasteiger partial charge in [-0.2, -0.15) is 0 Å². The smallest absolute Gasteiger partial charge is 0.220 e. The molecule has 0 bridgehead atoms. The molecule has 0 aromatic carbocycles. The molecule has 3 aliphatic heterocycles. The van der Waals surface area contributed by atoms with Gasteiger partial charge in [-0.15, -0.1) is 0 Å². The van der Waals surface area contributed by atoms with Gasteiger partial charge in [-0.3, -0.25) is 4.79 Å². The molecule has 1 amide bonds. The highest BCUT2D eigenvalue weighted by Gasteiger charge is 2.53. The van der Waals surface area contributed by atoms with Gasteiger partial charge in [-0.1, -0.05) is 152 Å². The van der Waals surface area contributed by atoms with E-state index < -0.39 is 124 Å². The number of aliphatic hydroxyl groups is 11. The Hall–Kier alpha value is -2.25. The molecule has 12 N–H and O–H groups in total. The number of carbonyl (C=O) groups excluding carboxylic acids is 1. The van der Waals surface area contributed by atoms with Gasteiger partial charge >= 0.3 is 0 Å². The molecule has 0 saturated carbocycles. The van der Waals surface area contributed by atoms with Gasteiger partial charge < -0.3 is 89.9 Å². The number of hydrogen-bond donors (Lipinski definition) is 12. The van der Waals surface area contributed by atoms with Gasteiger partial charge in [-0.05, 0) is 51.4 Å². The zero-order valence-electron chi connectivity index (χ0n) is 44.3. The van der Waals surface area contributed by atoms with Crippen molar-refractivity contribution in [2.75, 3.05) is 26.4 Å². The Labute approximate surface area is 440 Å². The summed E-state index contributed by atoms with van der Waals surface area (Å²) in [5, 5.41) is 120. The standard InChI is InChI=1S/C55H97NO18/c1-3-5-7-9-11-13-15-17-19-21-23-25-27-29-31-33-43(61)56-38(39(60)32-30-28-26-24-22-20-18-16-14-12-10-8-6-4-2)37-69-53-49(67)46(64)51(41(35-58)71-53)74-55-50(68)47(65)52(42(36-59)72-55)73-54-48(66)45(63)44(62)40(34-57)70-54/h5,7,11,13,17,19,23,25,38-42,44-55,57-60,62-68H,3-4,6,8-10,12,14-16,18,20-22,24,26-37H2,1-2H3,(H,56,61)/b7-5-,13-11-,19-17-,25-23-. The Morgan fingerprint density at radius 3 is 1.43 bits per heavy atom. The number of unbranched alkanes of at least 4 members (excludes halogenated alkanes) is 15. The molecule has 0 aromatic heterocycles. The molecular weight excluding hydrogens is 963 g/mol. The van der Waals surface area contributed by atoms with E-state index in [0.29, 0.717) is 19.3 Å². The second-order valence-corrected chi connectivity index (χ2v) is 20.0. The number of allylic oxidation sites excluding steroid dienone is 8. The number of amides is 1. The number of nitrogens with one attached hydrogen (secondary N) is 1. The van der Waals surface area contributed by atoms with E-state index >= 15 is 0 Å². The van der Waals surface area contributed by atoms with Crippen LogP contribution in [0.5, 0.6) is 0 Å². The van der Waals surface area contributed by atoms with Gasteiger partial charge in [0.2, 0.25) is 5.91 Å². The van der Waals surface area contributed by atoms with Crippen LogP contribution in [0.2, 0.25) is 0 Å². The van der Waals surface area contributed by atoms with Crippen molar-refractivity contribution in [3.63, 3.8) is 0 Å². The molecule has 3 rings (SSSR count). The molecule has 0 aromatic rings. The molecule has 74 heavy (non-hydrogen) atoms. The van der Waals surface area contributed by atoms with Gasteiger partial charge in [0.1, 0.15) is 73.2 Å². The van der Waals surface area contributed by atoms with Crippen molar-refractivity contribution < 1.29 is 89.4 Å². The van der Waals surface area contributed by atoms with Crippen LogP contribution in [-0.4, -0.2) is 193 Å². The van der Waals surface area contributed by atoms with Gasteiger partial charge in [0.25, 0.3) is 0 Å². The molecule has 0 radical (unpaired) electrons. The number of carbonyl (C=O) groups is 1. The fourth-order valence-corrected chi connectivity index (χ4v) is 9.30. The zero-order chi connectivity index (χ0) is 54.1. The molecule has 19 heteroatoms. The van der Waals surface area contributed by atoms with E-state index in [-0.39, 0.29) is 18.9 Å². The Kier molecular flexibility index (Phi) is 34.9. The van der Waals surface area contributed by atoms with Gasteiger partial charge in [0.05, 0.1) is 38.6 Å². The quantitative estimate of drug-likeness (QED) is 0.0310. The molecule has 3 fully saturated rings. The van der Waals surface area contributed by atoms with E-state index in [9.17, 15) is 61.0 Å². The Morgan fingerprint density at radius 1 is 0.500 bits per heavy atom. The molecule has 430 valence electrons. The van der Waals surface area contributed by atoms with Crippen molar-refractivity contribution >= 4 is 5.91 Å². The van der Waals surface area contributed by atoms with Crippen LogP contribution in [0, 0.1) is 0 Å². The lowest BCUT2D eigenvalue weighted by Gasteiger charge is -2.48. The van der Waals surface area contributed by atoms with E-state index in [0.717, 1.165) is 57.8 Å². The fourth-order valence-electron chi connectivity index (χ4n) is 9.30. The van der Waals surface area contributed by atoms with Crippen LogP contribution in [0.15, 0.2) is 48.6 Å². The van der Waals surface area contributed by atoms with Crippen molar-refractivity contribution in [3.05, 3.63) is 48.6 Å². The Bertz CT molecular complexity index is 1550. The third kappa shape index (κ3) is 23.8. The van der Waals surface area contributed by atoms with Crippen molar-refractivity contribution in [1.29, 1.82) is 0 Å². The van der Waals surface area contributed by atoms with E-state index in [4.69, 9.17) is 28.4 Å². The summed E-state index contributed by atoms with van der Waals surface area (Å²) in [7, 11) is 0. The topological polar surface area (TPSA) is 307 Å². The normalized spacial score (nSPS) is 31.8.